The molecule has 0 aromatic heterocycles. The maximum Gasteiger partial charge on any atom is 0.0734 e. The lowest BCUT2D eigenvalue weighted by molar-refractivity contribution is 0.307. The Morgan fingerprint density at radius 1 is 0.846 bits per heavy atom. The fourth-order valence-electron chi connectivity index (χ4n) is 2.35. The Balaban J connectivity index is 0. The van der Waals surface area contributed by atoms with E-state index in [-0.39, 0.29) is 11.1 Å². The normalized spacial score (nSPS) is 14.7. The van der Waals surface area contributed by atoms with Gasteiger partial charge in [0, 0.05) is 0 Å². The van der Waals surface area contributed by atoms with E-state index in [0.717, 1.165) is 32.4 Å². The lowest BCUT2D eigenvalue weighted by atomic mass is 9.94. The van der Waals surface area contributed by atoms with Crippen molar-refractivity contribution in [2.24, 2.45) is 22.0 Å². The Morgan fingerprint density at radius 3 is 1.46 bits per heavy atom. The summed E-state index contributed by atoms with van der Waals surface area (Å²) in [5.41, 5.74) is 6.43. The van der Waals surface area contributed by atoms with Crippen molar-refractivity contribution in [1.29, 1.82) is 0 Å². The van der Waals surface area contributed by atoms with Crippen LogP contribution in [0, 0.1) is 5.92 Å². The van der Waals surface area contributed by atoms with Gasteiger partial charge in [-0.25, -0.2) is 0 Å². The highest BCUT2D eigenvalue weighted by Gasteiger charge is 2.23. The number of oxime groups is 2. The predicted octanol–water partition coefficient (Wildman–Crippen LogP) is 3.19. The fourth-order valence-corrected chi connectivity index (χ4v) is 2.35. The maximum absolute atomic E-state index is 8.92. The Hall–Kier alpha value is -1.18. The van der Waals surface area contributed by atoms with Crippen LogP contribution in [0.2, 0.25) is 0 Å². The van der Waals surface area contributed by atoms with Gasteiger partial charge in [0.2, 0.25) is 0 Å². The highest BCUT2D eigenvalue weighted by molar-refractivity contribution is 5.90. The molecule has 0 spiro atoms. The molecular formula is C19H43N5O2. The van der Waals surface area contributed by atoms with Crippen molar-refractivity contribution in [2.75, 3.05) is 19.6 Å². The topological polar surface area (TPSA) is 115 Å². The summed E-state index contributed by atoms with van der Waals surface area (Å²) in [5.74, 6) is 0.513. The summed E-state index contributed by atoms with van der Waals surface area (Å²) in [6, 6.07) is 0. The van der Waals surface area contributed by atoms with E-state index in [1.54, 1.807) is 13.8 Å². The fraction of sp³-hybridized carbons (Fsp3) is 0.895. The van der Waals surface area contributed by atoms with Gasteiger partial charge in [-0.15, -0.1) is 0 Å². The Bertz CT molecular complexity index is 384. The van der Waals surface area contributed by atoms with E-state index >= 15 is 0 Å². The molecule has 0 saturated heterocycles. The summed E-state index contributed by atoms with van der Waals surface area (Å²) in [5, 5.41) is 31.3. The first-order valence-corrected chi connectivity index (χ1v) is 9.69. The second kappa shape index (κ2) is 13.9. The molecule has 0 bridgehead atoms. The minimum absolute atomic E-state index is 0.322. The van der Waals surface area contributed by atoms with E-state index in [4.69, 9.17) is 16.1 Å². The van der Waals surface area contributed by atoms with Crippen LogP contribution < -0.4 is 16.4 Å². The first kappa shape index (κ1) is 27.0. The number of hydrogen-bond donors (Lipinski definition) is 5. The minimum atomic E-state index is -0.322. The molecule has 6 N–H and O–H groups in total. The van der Waals surface area contributed by atoms with Gasteiger partial charge >= 0.3 is 0 Å². The van der Waals surface area contributed by atoms with E-state index in [9.17, 15) is 0 Å². The number of rotatable bonds is 12. The van der Waals surface area contributed by atoms with Crippen LogP contribution in [-0.4, -0.2) is 52.5 Å². The third-order valence-corrected chi connectivity index (χ3v) is 4.92. The van der Waals surface area contributed by atoms with Crippen molar-refractivity contribution in [3.8, 4) is 0 Å². The number of nitrogens with one attached hydrogen (secondary N) is 2. The number of nitrogens with two attached hydrogens (primary N) is 1. The molecule has 0 aliphatic carbocycles. The van der Waals surface area contributed by atoms with Crippen molar-refractivity contribution in [2.45, 2.75) is 85.7 Å². The monoisotopic (exact) mass is 373 g/mol. The SMILES string of the molecule is C/C(=N\O)C(C)(C)NCCC(CCN)CCNC(C)(C)/C(C)=N/O.CC. The molecule has 0 amide bonds. The van der Waals surface area contributed by atoms with Gasteiger partial charge < -0.3 is 26.8 Å². The molecule has 7 heteroatoms. The molecule has 0 saturated carbocycles. The maximum atomic E-state index is 8.92. The Kier molecular flexibility index (Phi) is 14.5. The highest BCUT2D eigenvalue weighted by Crippen LogP contribution is 2.14. The predicted molar refractivity (Wildman–Crippen MR) is 112 cm³/mol. The molecule has 0 aliphatic heterocycles. The molecule has 0 radical (unpaired) electrons. The van der Waals surface area contributed by atoms with Crippen molar-refractivity contribution in [3.05, 3.63) is 0 Å². The van der Waals surface area contributed by atoms with Crippen molar-refractivity contribution in [1.82, 2.24) is 10.6 Å². The van der Waals surface area contributed by atoms with Crippen LogP contribution >= 0.6 is 0 Å². The average molecular weight is 374 g/mol. The second-order valence-electron chi connectivity index (χ2n) is 7.50. The molecule has 0 heterocycles. The molecule has 26 heavy (non-hydrogen) atoms. The lowest BCUT2D eigenvalue weighted by Crippen LogP contribution is -2.47. The zero-order chi connectivity index (χ0) is 20.8. The van der Waals surface area contributed by atoms with Gasteiger partial charge in [-0.2, -0.15) is 0 Å². The minimum Gasteiger partial charge on any atom is -0.411 e. The van der Waals surface area contributed by atoms with E-state index in [1.165, 1.54) is 0 Å². The van der Waals surface area contributed by atoms with Crippen LogP contribution in [-0.2, 0) is 0 Å². The van der Waals surface area contributed by atoms with Crippen LogP contribution in [0.15, 0.2) is 10.3 Å². The summed E-state index contributed by atoms with van der Waals surface area (Å²) in [7, 11) is 0. The van der Waals surface area contributed by atoms with E-state index in [1.807, 2.05) is 41.5 Å². The highest BCUT2D eigenvalue weighted by atomic mass is 16.4. The van der Waals surface area contributed by atoms with Crippen molar-refractivity contribution >= 4 is 11.4 Å². The smallest absolute Gasteiger partial charge is 0.0734 e. The molecule has 0 aromatic rings. The van der Waals surface area contributed by atoms with Gasteiger partial charge in [0.1, 0.15) is 0 Å². The molecule has 0 atom stereocenters. The molecular weight excluding hydrogens is 330 g/mol. The first-order valence-electron chi connectivity index (χ1n) is 9.69. The van der Waals surface area contributed by atoms with Crippen molar-refractivity contribution < 1.29 is 10.4 Å². The van der Waals surface area contributed by atoms with E-state index in [2.05, 4.69) is 20.9 Å². The quantitative estimate of drug-likeness (QED) is 0.205. The molecule has 0 unspecified atom stereocenters. The van der Waals surface area contributed by atoms with Crippen LogP contribution in [0.3, 0.4) is 0 Å². The molecule has 7 nitrogen and oxygen atoms in total. The Morgan fingerprint density at radius 2 is 1.19 bits per heavy atom. The molecule has 0 aromatic carbocycles. The standard InChI is InChI=1S/C17H37N5O2.C2H6/c1-13(21-23)16(3,4)19-11-8-15(7-10-18)9-12-20-17(5,6)14(2)22-24;1-2/h15,19-20,23-24H,7-12,18H2,1-6H3;1-2H3/b21-13+,22-14+;. The zero-order valence-corrected chi connectivity index (χ0v) is 18.2. The van der Waals surface area contributed by atoms with Crippen LogP contribution in [0.1, 0.15) is 74.7 Å². The van der Waals surface area contributed by atoms with Crippen LogP contribution in [0.5, 0.6) is 0 Å². The molecule has 156 valence electrons. The molecule has 0 aliphatic rings. The van der Waals surface area contributed by atoms with Gasteiger partial charge in [0.05, 0.1) is 22.5 Å². The largest absolute Gasteiger partial charge is 0.411 e. The van der Waals surface area contributed by atoms with Crippen LogP contribution in [0.4, 0.5) is 0 Å². The van der Waals surface area contributed by atoms with Crippen LogP contribution in [0.25, 0.3) is 0 Å². The summed E-state index contributed by atoms with van der Waals surface area (Å²) in [4.78, 5) is 0. The van der Waals surface area contributed by atoms with Gasteiger partial charge in [0.25, 0.3) is 0 Å². The van der Waals surface area contributed by atoms with E-state index in [0.29, 0.717) is 23.9 Å². The first-order chi connectivity index (χ1) is 12.1. The van der Waals surface area contributed by atoms with Gasteiger partial charge in [-0.05, 0) is 86.4 Å². The van der Waals surface area contributed by atoms with E-state index < -0.39 is 0 Å². The van der Waals surface area contributed by atoms with Gasteiger partial charge in [-0.3, -0.25) is 0 Å². The van der Waals surface area contributed by atoms with Crippen molar-refractivity contribution in [3.63, 3.8) is 0 Å². The van der Waals surface area contributed by atoms with Gasteiger partial charge in [-0.1, -0.05) is 24.2 Å². The molecule has 0 rings (SSSR count). The zero-order valence-electron chi connectivity index (χ0n) is 18.2. The third kappa shape index (κ3) is 10.7. The van der Waals surface area contributed by atoms with Gasteiger partial charge in [0.15, 0.2) is 0 Å². The number of hydrogen-bond acceptors (Lipinski definition) is 7. The summed E-state index contributed by atoms with van der Waals surface area (Å²) in [6.45, 7) is 18.0. The summed E-state index contributed by atoms with van der Waals surface area (Å²) < 4.78 is 0. The Labute approximate surface area is 160 Å². The molecule has 0 fully saturated rings. The lowest BCUT2D eigenvalue weighted by Gasteiger charge is -2.28. The third-order valence-electron chi connectivity index (χ3n) is 4.92. The summed E-state index contributed by atoms with van der Waals surface area (Å²) >= 11 is 0. The summed E-state index contributed by atoms with van der Waals surface area (Å²) in [6.07, 6.45) is 2.99. The number of nitrogens with zero attached hydrogens (tertiary/aromatic N) is 2. The second-order valence-corrected chi connectivity index (χ2v) is 7.50. The average Bonchev–Trinajstić information content (AvgIpc) is 2.61.